The summed E-state index contributed by atoms with van der Waals surface area (Å²) in [4.78, 5) is 3.93. The molecule has 1 aliphatic rings. The summed E-state index contributed by atoms with van der Waals surface area (Å²) in [6.07, 6.45) is 7.12. The van der Waals surface area contributed by atoms with Crippen LogP contribution in [0.5, 0.6) is 0 Å². The highest BCUT2D eigenvalue weighted by atomic mass is 35.5. The van der Waals surface area contributed by atoms with E-state index in [4.69, 9.17) is 17.3 Å². The van der Waals surface area contributed by atoms with Gasteiger partial charge in [-0.3, -0.25) is 4.98 Å². The molecule has 1 aromatic heterocycles. The van der Waals surface area contributed by atoms with Gasteiger partial charge in [-0.1, -0.05) is 24.4 Å². The highest BCUT2D eigenvalue weighted by Crippen LogP contribution is 2.37. The molecule has 1 aliphatic carbocycles. The van der Waals surface area contributed by atoms with Gasteiger partial charge in [-0.15, -0.1) is 0 Å². The zero-order valence-corrected chi connectivity index (χ0v) is 8.17. The third kappa shape index (κ3) is 2.20. The lowest BCUT2D eigenvalue weighted by atomic mass is 10.0. The van der Waals surface area contributed by atoms with Crippen molar-refractivity contribution in [2.75, 3.05) is 0 Å². The van der Waals surface area contributed by atoms with Crippen molar-refractivity contribution in [3.05, 3.63) is 29.0 Å². The molecule has 1 aromatic rings. The van der Waals surface area contributed by atoms with Gasteiger partial charge in [-0.2, -0.15) is 0 Å². The number of aromatic nitrogens is 1. The third-order valence-electron chi connectivity index (χ3n) is 2.49. The van der Waals surface area contributed by atoms with Crippen LogP contribution in [0, 0.1) is 5.92 Å². The number of hydrogen-bond donors (Lipinski definition) is 1. The molecule has 0 amide bonds. The summed E-state index contributed by atoms with van der Waals surface area (Å²) >= 11 is 5.98. The molecule has 0 saturated heterocycles. The topological polar surface area (TPSA) is 38.9 Å². The first-order chi connectivity index (χ1) is 6.27. The SMILES string of the molecule is NC(CC1CC1)c1ccncc1Cl. The first-order valence-corrected chi connectivity index (χ1v) is 5.00. The summed E-state index contributed by atoms with van der Waals surface area (Å²) in [5.41, 5.74) is 7.06. The molecule has 0 aliphatic heterocycles. The molecule has 13 heavy (non-hydrogen) atoms. The lowest BCUT2D eigenvalue weighted by Crippen LogP contribution is -2.11. The fraction of sp³-hybridized carbons (Fsp3) is 0.500. The van der Waals surface area contributed by atoms with E-state index in [9.17, 15) is 0 Å². The molecule has 2 N–H and O–H groups in total. The molecule has 70 valence electrons. The predicted molar refractivity (Wildman–Crippen MR) is 53.5 cm³/mol. The average Bonchev–Trinajstić information content (AvgIpc) is 2.89. The van der Waals surface area contributed by atoms with Crippen molar-refractivity contribution in [1.29, 1.82) is 0 Å². The Labute approximate surface area is 83.1 Å². The summed E-state index contributed by atoms with van der Waals surface area (Å²) in [6.45, 7) is 0. The Hall–Kier alpha value is -0.600. The summed E-state index contributed by atoms with van der Waals surface area (Å²) in [5.74, 6) is 0.833. The van der Waals surface area contributed by atoms with Gasteiger partial charge in [0.05, 0.1) is 5.02 Å². The van der Waals surface area contributed by atoms with Gasteiger partial charge in [0, 0.05) is 18.4 Å². The number of nitrogens with two attached hydrogens (primary N) is 1. The van der Waals surface area contributed by atoms with Crippen LogP contribution in [-0.2, 0) is 0 Å². The van der Waals surface area contributed by atoms with E-state index in [2.05, 4.69) is 4.98 Å². The van der Waals surface area contributed by atoms with E-state index >= 15 is 0 Å². The Kier molecular flexibility index (Phi) is 2.51. The molecule has 0 aromatic carbocycles. The van der Waals surface area contributed by atoms with Gasteiger partial charge in [0.2, 0.25) is 0 Å². The largest absolute Gasteiger partial charge is 0.324 e. The second kappa shape index (κ2) is 3.64. The summed E-state index contributed by atoms with van der Waals surface area (Å²) < 4.78 is 0. The minimum Gasteiger partial charge on any atom is -0.324 e. The monoisotopic (exact) mass is 196 g/mol. The van der Waals surface area contributed by atoms with E-state index in [1.54, 1.807) is 12.4 Å². The molecule has 1 fully saturated rings. The Morgan fingerprint density at radius 1 is 1.62 bits per heavy atom. The van der Waals surface area contributed by atoms with Gasteiger partial charge in [-0.25, -0.2) is 0 Å². The van der Waals surface area contributed by atoms with Crippen LogP contribution >= 0.6 is 11.6 Å². The second-order valence-electron chi connectivity index (χ2n) is 3.68. The van der Waals surface area contributed by atoms with Crippen molar-refractivity contribution in [3.8, 4) is 0 Å². The van der Waals surface area contributed by atoms with Gasteiger partial charge < -0.3 is 5.73 Å². The van der Waals surface area contributed by atoms with Crippen LogP contribution < -0.4 is 5.73 Å². The Bertz CT molecular complexity index is 297. The molecule has 0 bridgehead atoms. The van der Waals surface area contributed by atoms with Crippen molar-refractivity contribution < 1.29 is 0 Å². The van der Waals surface area contributed by atoms with Gasteiger partial charge in [0.15, 0.2) is 0 Å². The van der Waals surface area contributed by atoms with Gasteiger partial charge in [-0.05, 0) is 24.0 Å². The molecule has 0 spiro atoms. The highest BCUT2D eigenvalue weighted by Gasteiger charge is 2.25. The maximum Gasteiger partial charge on any atom is 0.0637 e. The fourth-order valence-electron chi connectivity index (χ4n) is 1.53. The number of pyridine rings is 1. The average molecular weight is 197 g/mol. The van der Waals surface area contributed by atoms with Crippen LogP contribution in [0.3, 0.4) is 0 Å². The molecular formula is C10H13ClN2. The first kappa shape index (κ1) is 8.97. The summed E-state index contributed by atoms with van der Waals surface area (Å²) in [7, 11) is 0. The minimum atomic E-state index is 0.0861. The normalized spacial score (nSPS) is 18.6. The Morgan fingerprint density at radius 3 is 3.00 bits per heavy atom. The molecule has 2 rings (SSSR count). The number of halogens is 1. The van der Waals surface area contributed by atoms with Gasteiger partial charge in [0.25, 0.3) is 0 Å². The Morgan fingerprint density at radius 2 is 2.38 bits per heavy atom. The summed E-state index contributed by atoms with van der Waals surface area (Å²) in [5, 5.41) is 0.690. The lowest BCUT2D eigenvalue weighted by molar-refractivity contribution is 0.596. The van der Waals surface area contributed by atoms with Gasteiger partial charge >= 0.3 is 0 Å². The number of hydrogen-bond acceptors (Lipinski definition) is 2. The fourth-order valence-corrected chi connectivity index (χ4v) is 1.79. The van der Waals surface area contributed by atoms with E-state index in [0.29, 0.717) is 5.02 Å². The molecule has 1 heterocycles. The van der Waals surface area contributed by atoms with Crippen LogP contribution in [0.15, 0.2) is 18.5 Å². The van der Waals surface area contributed by atoms with E-state index in [1.165, 1.54) is 12.8 Å². The van der Waals surface area contributed by atoms with Crippen LogP contribution in [0.25, 0.3) is 0 Å². The molecule has 2 nitrogen and oxygen atoms in total. The number of rotatable bonds is 3. The van der Waals surface area contributed by atoms with Crippen molar-refractivity contribution in [1.82, 2.24) is 4.98 Å². The lowest BCUT2D eigenvalue weighted by Gasteiger charge is -2.12. The van der Waals surface area contributed by atoms with E-state index in [-0.39, 0.29) is 6.04 Å². The van der Waals surface area contributed by atoms with Crippen LogP contribution in [0.4, 0.5) is 0 Å². The molecule has 3 heteroatoms. The second-order valence-corrected chi connectivity index (χ2v) is 4.09. The van der Waals surface area contributed by atoms with Crippen LogP contribution in [-0.4, -0.2) is 4.98 Å². The Balaban J connectivity index is 2.09. The quantitative estimate of drug-likeness (QED) is 0.807. The molecule has 0 radical (unpaired) electrons. The van der Waals surface area contributed by atoms with E-state index in [0.717, 1.165) is 17.9 Å². The van der Waals surface area contributed by atoms with Crippen molar-refractivity contribution in [2.45, 2.75) is 25.3 Å². The van der Waals surface area contributed by atoms with E-state index in [1.807, 2.05) is 6.07 Å². The summed E-state index contributed by atoms with van der Waals surface area (Å²) in [6, 6.07) is 2.00. The highest BCUT2D eigenvalue weighted by molar-refractivity contribution is 6.31. The van der Waals surface area contributed by atoms with E-state index < -0.39 is 0 Å². The minimum absolute atomic E-state index is 0.0861. The standard InChI is InChI=1S/C10H13ClN2/c11-9-6-13-4-3-8(9)10(12)5-7-1-2-7/h3-4,6-7,10H,1-2,5,12H2. The van der Waals surface area contributed by atoms with Crippen molar-refractivity contribution >= 4 is 11.6 Å². The van der Waals surface area contributed by atoms with Crippen LogP contribution in [0.2, 0.25) is 5.02 Å². The van der Waals surface area contributed by atoms with Crippen LogP contribution in [0.1, 0.15) is 30.9 Å². The predicted octanol–water partition coefficient (Wildman–Crippen LogP) is 2.53. The zero-order chi connectivity index (χ0) is 9.26. The molecule has 1 unspecified atom stereocenters. The molecule has 1 atom stereocenters. The zero-order valence-electron chi connectivity index (χ0n) is 7.41. The smallest absolute Gasteiger partial charge is 0.0637 e. The molecular weight excluding hydrogens is 184 g/mol. The molecule has 1 saturated carbocycles. The van der Waals surface area contributed by atoms with Crippen molar-refractivity contribution in [3.63, 3.8) is 0 Å². The number of nitrogens with zero attached hydrogens (tertiary/aromatic N) is 1. The third-order valence-corrected chi connectivity index (χ3v) is 2.80. The van der Waals surface area contributed by atoms with Gasteiger partial charge in [0.1, 0.15) is 0 Å². The van der Waals surface area contributed by atoms with Crippen molar-refractivity contribution in [2.24, 2.45) is 11.7 Å². The maximum atomic E-state index is 6.02. The first-order valence-electron chi connectivity index (χ1n) is 4.62. The maximum absolute atomic E-state index is 6.02.